The molecule has 7 heteroatoms. The molecule has 1 N–H and O–H groups in total. The van der Waals surface area contributed by atoms with E-state index in [-0.39, 0.29) is 24.1 Å². The molecule has 0 unspecified atom stereocenters. The van der Waals surface area contributed by atoms with Crippen LogP contribution >= 0.6 is 15.9 Å². The van der Waals surface area contributed by atoms with Crippen LogP contribution in [0.4, 0.5) is 10.1 Å². The standard InChI is InChI=1S/C18H17BrFNO4/c1-23-14-8-13-16(18(25-3)17(14)24-2)10(7-15(22)21-13)9-4-5-12(20)11(19)6-9/h4-6,8,10H,7H2,1-3H3,(H,21,22)/t10-/m0/s1. The number of fused-ring (bicyclic) bond motifs is 1. The second-order valence-electron chi connectivity index (χ2n) is 5.58. The van der Waals surface area contributed by atoms with Crippen molar-refractivity contribution in [2.75, 3.05) is 26.6 Å². The van der Waals surface area contributed by atoms with Gasteiger partial charge in [-0.1, -0.05) is 6.07 Å². The molecule has 2 aromatic carbocycles. The second-order valence-corrected chi connectivity index (χ2v) is 6.44. The molecular weight excluding hydrogens is 393 g/mol. The van der Waals surface area contributed by atoms with Gasteiger partial charge in [0, 0.05) is 24.0 Å². The van der Waals surface area contributed by atoms with Crippen molar-refractivity contribution < 1.29 is 23.4 Å². The van der Waals surface area contributed by atoms with Crippen molar-refractivity contribution in [2.45, 2.75) is 12.3 Å². The monoisotopic (exact) mass is 409 g/mol. The summed E-state index contributed by atoms with van der Waals surface area (Å²) in [6, 6.07) is 6.43. The molecule has 1 amide bonds. The topological polar surface area (TPSA) is 56.8 Å². The van der Waals surface area contributed by atoms with Crippen LogP contribution in [0.5, 0.6) is 17.2 Å². The van der Waals surface area contributed by atoms with Crippen LogP contribution in [0.15, 0.2) is 28.7 Å². The van der Waals surface area contributed by atoms with E-state index >= 15 is 0 Å². The maximum Gasteiger partial charge on any atom is 0.225 e. The molecule has 1 aliphatic heterocycles. The van der Waals surface area contributed by atoms with E-state index < -0.39 is 0 Å². The highest BCUT2D eigenvalue weighted by Crippen LogP contribution is 2.51. The summed E-state index contributed by atoms with van der Waals surface area (Å²) in [5, 5.41) is 2.85. The SMILES string of the molecule is COc1cc2c(c(OC)c1OC)[C@H](c1ccc(F)c(Br)c1)CC(=O)N2. The Morgan fingerprint density at radius 2 is 1.84 bits per heavy atom. The fourth-order valence-corrected chi connectivity index (χ4v) is 3.53. The third-order valence-corrected chi connectivity index (χ3v) is 4.83. The van der Waals surface area contributed by atoms with Crippen molar-refractivity contribution in [3.63, 3.8) is 0 Å². The Bertz CT molecular complexity index is 840. The number of hydrogen-bond donors (Lipinski definition) is 1. The van der Waals surface area contributed by atoms with Gasteiger partial charge in [0.1, 0.15) is 5.82 Å². The quantitative estimate of drug-likeness (QED) is 0.825. The summed E-state index contributed by atoms with van der Waals surface area (Å²) in [4.78, 5) is 12.2. The zero-order chi connectivity index (χ0) is 18.1. The number of hydrogen-bond acceptors (Lipinski definition) is 4. The van der Waals surface area contributed by atoms with Crippen molar-refractivity contribution >= 4 is 27.5 Å². The lowest BCUT2D eigenvalue weighted by Gasteiger charge is -2.29. The molecule has 1 aliphatic rings. The summed E-state index contributed by atoms with van der Waals surface area (Å²) in [5.41, 5.74) is 2.17. The van der Waals surface area contributed by atoms with Gasteiger partial charge in [0.2, 0.25) is 11.7 Å². The smallest absolute Gasteiger partial charge is 0.225 e. The molecule has 1 heterocycles. The van der Waals surface area contributed by atoms with Gasteiger partial charge in [0.05, 0.1) is 31.5 Å². The minimum atomic E-state index is -0.358. The zero-order valence-corrected chi connectivity index (χ0v) is 15.6. The Balaban J connectivity index is 2.25. The van der Waals surface area contributed by atoms with Crippen LogP contribution in [0, 0.1) is 5.82 Å². The average molecular weight is 410 g/mol. The van der Waals surface area contributed by atoms with Crippen LogP contribution < -0.4 is 19.5 Å². The van der Waals surface area contributed by atoms with Crippen LogP contribution in [0.25, 0.3) is 0 Å². The average Bonchev–Trinajstić information content (AvgIpc) is 2.61. The number of halogens is 2. The Morgan fingerprint density at radius 1 is 1.12 bits per heavy atom. The normalized spacial score (nSPS) is 16.0. The minimum absolute atomic E-state index is 0.132. The number of nitrogens with one attached hydrogen (secondary N) is 1. The maximum atomic E-state index is 13.6. The van der Waals surface area contributed by atoms with Gasteiger partial charge in [-0.25, -0.2) is 4.39 Å². The van der Waals surface area contributed by atoms with Gasteiger partial charge >= 0.3 is 0 Å². The molecule has 3 rings (SSSR count). The molecule has 0 fully saturated rings. The van der Waals surface area contributed by atoms with Crippen molar-refractivity contribution in [1.29, 1.82) is 0 Å². The number of methoxy groups -OCH3 is 3. The van der Waals surface area contributed by atoms with Gasteiger partial charge in [0.15, 0.2) is 11.5 Å². The molecule has 132 valence electrons. The lowest BCUT2D eigenvalue weighted by atomic mass is 9.83. The molecule has 0 saturated heterocycles. The molecule has 0 saturated carbocycles. The maximum absolute atomic E-state index is 13.6. The third-order valence-electron chi connectivity index (χ3n) is 4.23. The van der Waals surface area contributed by atoms with Crippen LogP contribution in [0.3, 0.4) is 0 Å². The number of amides is 1. The molecule has 2 aromatic rings. The lowest BCUT2D eigenvalue weighted by molar-refractivity contribution is -0.116. The molecule has 0 spiro atoms. The van der Waals surface area contributed by atoms with Crippen molar-refractivity contribution in [2.24, 2.45) is 0 Å². The molecule has 0 bridgehead atoms. The van der Waals surface area contributed by atoms with E-state index in [9.17, 15) is 9.18 Å². The summed E-state index contributed by atoms with van der Waals surface area (Å²) < 4.78 is 30.3. The van der Waals surface area contributed by atoms with Gasteiger partial charge in [-0.15, -0.1) is 0 Å². The Morgan fingerprint density at radius 3 is 2.44 bits per heavy atom. The first-order chi connectivity index (χ1) is 12.0. The number of rotatable bonds is 4. The molecule has 0 radical (unpaired) electrons. The zero-order valence-electron chi connectivity index (χ0n) is 14.0. The second kappa shape index (κ2) is 6.92. The third kappa shape index (κ3) is 3.04. The number of ether oxygens (including phenoxy) is 3. The summed E-state index contributed by atoms with van der Waals surface area (Å²) in [7, 11) is 4.58. The minimum Gasteiger partial charge on any atom is -0.493 e. The fourth-order valence-electron chi connectivity index (χ4n) is 3.13. The molecule has 5 nitrogen and oxygen atoms in total. The Hall–Kier alpha value is -2.28. The van der Waals surface area contributed by atoms with Gasteiger partial charge in [-0.05, 0) is 33.6 Å². The molecular formula is C18H17BrFNO4. The van der Waals surface area contributed by atoms with E-state index in [1.165, 1.54) is 27.4 Å². The molecule has 25 heavy (non-hydrogen) atoms. The first kappa shape index (κ1) is 17.5. The number of carbonyl (C=O) groups excluding carboxylic acids is 1. The van der Waals surface area contributed by atoms with E-state index in [4.69, 9.17) is 14.2 Å². The predicted octanol–water partition coefficient (Wildman–Crippen LogP) is 4.09. The van der Waals surface area contributed by atoms with E-state index in [1.807, 2.05) is 0 Å². The van der Waals surface area contributed by atoms with Gasteiger partial charge in [-0.2, -0.15) is 0 Å². The van der Waals surface area contributed by atoms with Crippen molar-refractivity contribution in [3.8, 4) is 17.2 Å². The Kier molecular flexibility index (Phi) is 4.85. The van der Waals surface area contributed by atoms with E-state index in [0.29, 0.717) is 27.4 Å². The number of anilines is 1. The fraction of sp³-hybridized carbons (Fsp3) is 0.278. The van der Waals surface area contributed by atoms with Gasteiger partial charge in [-0.3, -0.25) is 4.79 Å². The number of carbonyl (C=O) groups is 1. The van der Waals surface area contributed by atoms with E-state index in [1.54, 1.807) is 18.2 Å². The molecule has 0 aliphatic carbocycles. The van der Waals surface area contributed by atoms with Crippen LogP contribution in [0.1, 0.15) is 23.5 Å². The lowest BCUT2D eigenvalue weighted by Crippen LogP contribution is -2.24. The first-order valence-corrected chi connectivity index (χ1v) is 8.37. The van der Waals surface area contributed by atoms with Crippen LogP contribution in [0.2, 0.25) is 0 Å². The van der Waals surface area contributed by atoms with Gasteiger partial charge in [0.25, 0.3) is 0 Å². The van der Waals surface area contributed by atoms with Crippen molar-refractivity contribution in [1.82, 2.24) is 0 Å². The van der Waals surface area contributed by atoms with Crippen LogP contribution in [-0.4, -0.2) is 27.2 Å². The van der Waals surface area contributed by atoms with Crippen LogP contribution in [-0.2, 0) is 4.79 Å². The summed E-state index contributed by atoms with van der Waals surface area (Å²) in [5.74, 6) is 0.610. The number of benzene rings is 2. The van der Waals surface area contributed by atoms with E-state index in [0.717, 1.165) is 11.1 Å². The summed E-state index contributed by atoms with van der Waals surface area (Å²) in [6.07, 6.45) is 0.219. The van der Waals surface area contributed by atoms with E-state index in [2.05, 4.69) is 21.2 Å². The summed E-state index contributed by atoms with van der Waals surface area (Å²) in [6.45, 7) is 0. The molecule has 1 atom stereocenters. The highest BCUT2D eigenvalue weighted by molar-refractivity contribution is 9.10. The van der Waals surface area contributed by atoms with Crippen molar-refractivity contribution in [3.05, 3.63) is 45.7 Å². The first-order valence-electron chi connectivity index (χ1n) is 7.57. The largest absolute Gasteiger partial charge is 0.493 e. The molecule has 0 aromatic heterocycles. The summed E-state index contributed by atoms with van der Waals surface area (Å²) >= 11 is 3.20. The van der Waals surface area contributed by atoms with Gasteiger partial charge < -0.3 is 19.5 Å². The predicted molar refractivity (Wildman–Crippen MR) is 95.3 cm³/mol. The highest BCUT2D eigenvalue weighted by atomic mass is 79.9. The Labute approximate surface area is 153 Å². The highest BCUT2D eigenvalue weighted by Gasteiger charge is 2.33.